The summed E-state index contributed by atoms with van der Waals surface area (Å²) in [5.74, 6) is -0.411. The van der Waals surface area contributed by atoms with E-state index >= 15 is 0 Å². The number of pyridine rings is 1. The Morgan fingerprint density at radius 1 is 1.25 bits per heavy atom. The van der Waals surface area contributed by atoms with Crippen LogP contribution in [0.2, 0.25) is 0 Å². The number of rotatable bonds is 3. The second-order valence-electron chi connectivity index (χ2n) is 7.84. The standard InChI is InChI=1S/C18H25F3N4O3/c1-16(2,3)28-15(27)25-8-6-17(11-22,7-9-25)14(26)24-13-5-4-12(10-23-13)18(19,20)21/h4-5,10H,6-9,11,22H2,1-3H3,(H,23,24,26). The Morgan fingerprint density at radius 2 is 1.86 bits per heavy atom. The van der Waals surface area contributed by atoms with Crippen LogP contribution in [-0.4, -0.2) is 47.1 Å². The van der Waals surface area contributed by atoms with E-state index in [0.29, 0.717) is 32.1 Å². The average Bonchev–Trinajstić information content (AvgIpc) is 2.60. The number of alkyl halides is 3. The topological polar surface area (TPSA) is 97.5 Å². The van der Waals surface area contributed by atoms with Crippen molar-refractivity contribution in [3.8, 4) is 0 Å². The average molecular weight is 402 g/mol. The summed E-state index contributed by atoms with van der Waals surface area (Å²) in [6.45, 7) is 5.93. The number of nitrogens with one attached hydrogen (secondary N) is 1. The number of likely N-dealkylation sites (tertiary alicyclic amines) is 1. The van der Waals surface area contributed by atoms with Crippen molar-refractivity contribution in [2.45, 2.75) is 45.4 Å². The molecule has 1 saturated heterocycles. The molecule has 1 aromatic rings. The normalized spacial score (nSPS) is 17.2. The van der Waals surface area contributed by atoms with Crippen LogP contribution in [0.25, 0.3) is 0 Å². The number of anilines is 1. The number of hydrogen-bond acceptors (Lipinski definition) is 5. The zero-order valence-corrected chi connectivity index (χ0v) is 16.1. The SMILES string of the molecule is CC(C)(C)OC(=O)N1CCC(CN)(C(=O)Nc2ccc(C(F)(F)F)cn2)CC1. The molecule has 0 spiro atoms. The number of piperidine rings is 1. The zero-order valence-electron chi connectivity index (χ0n) is 16.1. The number of halogens is 3. The van der Waals surface area contributed by atoms with Crippen LogP contribution in [0.4, 0.5) is 23.8 Å². The fourth-order valence-electron chi connectivity index (χ4n) is 2.85. The van der Waals surface area contributed by atoms with Gasteiger partial charge in [0.1, 0.15) is 11.4 Å². The number of amides is 2. The van der Waals surface area contributed by atoms with Gasteiger partial charge >= 0.3 is 12.3 Å². The highest BCUT2D eigenvalue weighted by Crippen LogP contribution is 2.33. The highest BCUT2D eigenvalue weighted by Gasteiger charge is 2.42. The quantitative estimate of drug-likeness (QED) is 0.810. The largest absolute Gasteiger partial charge is 0.444 e. The van der Waals surface area contributed by atoms with E-state index < -0.39 is 34.8 Å². The van der Waals surface area contributed by atoms with Gasteiger partial charge in [0, 0.05) is 25.8 Å². The minimum absolute atomic E-state index is 0.0143. The summed E-state index contributed by atoms with van der Waals surface area (Å²) >= 11 is 0. The molecule has 1 aliphatic heterocycles. The van der Waals surface area contributed by atoms with Crippen molar-refractivity contribution in [3.63, 3.8) is 0 Å². The van der Waals surface area contributed by atoms with Crippen LogP contribution in [-0.2, 0) is 15.7 Å². The Bertz CT molecular complexity index is 706. The molecule has 7 nitrogen and oxygen atoms in total. The molecule has 0 aliphatic carbocycles. The highest BCUT2D eigenvalue weighted by molar-refractivity contribution is 5.95. The van der Waals surface area contributed by atoms with Crippen molar-refractivity contribution in [3.05, 3.63) is 23.9 Å². The lowest BCUT2D eigenvalue weighted by molar-refractivity contribution is -0.137. The number of nitrogens with two attached hydrogens (primary N) is 1. The number of carbonyl (C=O) groups is 2. The maximum Gasteiger partial charge on any atom is 0.417 e. The maximum absolute atomic E-state index is 12.7. The molecule has 0 atom stereocenters. The molecule has 2 rings (SSSR count). The first-order chi connectivity index (χ1) is 12.9. The van der Waals surface area contributed by atoms with Crippen LogP contribution >= 0.6 is 0 Å². The van der Waals surface area contributed by atoms with Crippen molar-refractivity contribution in [2.24, 2.45) is 11.1 Å². The Morgan fingerprint density at radius 3 is 2.29 bits per heavy atom. The molecule has 2 amide bonds. The summed E-state index contributed by atoms with van der Waals surface area (Å²) < 4.78 is 43.1. The lowest BCUT2D eigenvalue weighted by Crippen LogP contribution is -2.52. The Kier molecular flexibility index (Phi) is 6.22. The number of aromatic nitrogens is 1. The lowest BCUT2D eigenvalue weighted by Gasteiger charge is -2.40. The first kappa shape index (κ1) is 21.9. The zero-order chi connectivity index (χ0) is 21.2. The third-order valence-corrected chi connectivity index (χ3v) is 4.58. The van der Waals surface area contributed by atoms with Gasteiger partial charge in [0.2, 0.25) is 5.91 Å². The molecular formula is C18H25F3N4O3. The molecule has 0 aromatic carbocycles. The van der Waals surface area contributed by atoms with Crippen LogP contribution < -0.4 is 11.1 Å². The van der Waals surface area contributed by atoms with Gasteiger partial charge in [-0.1, -0.05) is 0 Å². The van der Waals surface area contributed by atoms with Gasteiger partial charge in [0.15, 0.2) is 0 Å². The molecule has 1 fully saturated rings. The number of carbonyl (C=O) groups excluding carboxylic acids is 2. The Labute approximate surface area is 161 Å². The van der Waals surface area contributed by atoms with Crippen molar-refractivity contribution >= 4 is 17.8 Å². The van der Waals surface area contributed by atoms with Gasteiger partial charge in [0.05, 0.1) is 11.0 Å². The van der Waals surface area contributed by atoms with E-state index in [-0.39, 0.29) is 12.4 Å². The van der Waals surface area contributed by atoms with Crippen LogP contribution in [0.1, 0.15) is 39.2 Å². The first-order valence-corrected chi connectivity index (χ1v) is 8.89. The molecule has 0 unspecified atom stereocenters. The fraction of sp³-hybridized carbons (Fsp3) is 0.611. The van der Waals surface area contributed by atoms with E-state index in [1.54, 1.807) is 20.8 Å². The van der Waals surface area contributed by atoms with Crippen LogP contribution in [0.5, 0.6) is 0 Å². The van der Waals surface area contributed by atoms with Gasteiger partial charge in [-0.3, -0.25) is 4.79 Å². The molecule has 3 N–H and O–H groups in total. The summed E-state index contributed by atoms with van der Waals surface area (Å²) in [5.41, 5.74) is 3.39. The van der Waals surface area contributed by atoms with Crippen molar-refractivity contribution < 1.29 is 27.5 Å². The molecule has 0 radical (unpaired) electrons. The minimum Gasteiger partial charge on any atom is -0.444 e. The predicted octanol–water partition coefficient (Wildman–Crippen LogP) is 3.01. The van der Waals surface area contributed by atoms with Crippen LogP contribution in [0.3, 0.4) is 0 Å². The maximum atomic E-state index is 12.7. The summed E-state index contributed by atoms with van der Waals surface area (Å²) in [6.07, 6.45) is -3.66. The summed E-state index contributed by atoms with van der Waals surface area (Å²) in [6, 6.07) is 1.95. The van der Waals surface area contributed by atoms with E-state index in [4.69, 9.17) is 10.5 Å². The highest BCUT2D eigenvalue weighted by atomic mass is 19.4. The van der Waals surface area contributed by atoms with E-state index in [1.165, 1.54) is 4.90 Å². The molecule has 2 heterocycles. The summed E-state index contributed by atoms with van der Waals surface area (Å²) in [7, 11) is 0. The molecular weight excluding hydrogens is 377 g/mol. The van der Waals surface area contributed by atoms with E-state index in [2.05, 4.69) is 10.3 Å². The van der Waals surface area contributed by atoms with Gasteiger partial charge in [-0.2, -0.15) is 13.2 Å². The smallest absolute Gasteiger partial charge is 0.417 e. The molecule has 28 heavy (non-hydrogen) atoms. The second-order valence-corrected chi connectivity index (χ2v) is 7.84. The van der Waals surface area contributed by atoms with E-state index in [9.17, 15) is 22.8 Å². The molecule has 0 bridgehead atoms. The monoisotopic (exact) mass is 402 g/mol. The van der Waals surface area contributed by atoms with Crippen LogP contribution in [0, 0.1) is 5.41 Å². The lowest BCUT2D eigenvalue weighted by atomic mass is 9.77. The van der Waals surface area contributed by atoms with Gasteiger partial charge < -0.3 is 20.7 Å². The van der Waals surface area contributed by atoms with Gasteiger partial charge in [-0.05, 0) is 45.7 Å². The van der Waals surface area contributed by atoms with Crippen molar-refractivity contribution in [1.29, 1.82) is 0 Å². The number of nitrogens with zero attached hydrogens (tertiary/aromatic N) is 2. The van der Waals surface area contributed by atoms with E-state index in [0.717, 1.165) is 12.1 Å². The van der Waals surface area contributed by atoms with Crippen LogP contribution in [0.15, 0.2) is 18.3 Å². The third-order valence-electron chi connectivity index (χ3n) is 4.58. The number of hydrogen-bond donors (Lipinski definition) is 2. The Balaban J connectivity index is 2.01. The summed E-state index contributed by atoms with van der Waals surface area (Å²) in [4.78, 5) is 30.0. The second kappa shape index (κ2) is 7.94. The molecule has 1 aliphatic rings. The van der Waals surface area contributed by atoms with Crippen molar-refractivity contribution in [2.75, 3.05) is 25.0 Å². The van der Waals surface area contributed by atoms with Gasteiger partial charge in [-0.25, -0.2) is 9.78 Å². The minimum atomic E-state index is -4.50. The fourth-order valence-corrected chi connectivity index (χ4v) is 2.85. The number of ether oxygens (including phenoxy) is 1. The third kappa shape index (κ3) is 5.34. The van der Waals surface area contributed by atoms with E-state index in [1.807, 2.05) is 0 Å². The van der Waals surface area contributed by atoms with Gasteiger partial charge in [-0.15, -0.1) is 0 Å². The predicted molar refractivity (Wildman–Crippen MR) is 96.4 cm³/mol. The molecule has 10 heteroatoms. The summed E-state index contributed by atoms with van der Waals surface area (Å²) in [5, 5.41) is 2.53. The van der Waals surface area contributed by atoms with Crippen molar-refractivity contribution in [1.82, 2.24) is 9.88 Å². The Hall–Kier alpha value is -2.36. The molecule has 1 aromatic heterocycles. The first-order valence-electron chi connectivity index (χ1n) is 8.89. The van der Waals surface area contributed by atoms with Gasteiger partial charge in [0.25, 0.3) is 0 Å². The molecule has 0 saturated carbocycles. The molecule has 156 valence electrons.